The first-order valence-corrected chi connectivity index (χ1v) is 13.0. The third kappa shape index (κ3) is 9.76. The van der Waals surface area contributed by atoms with Crippen molar-refractivity contribution in [3.63, 3.8) is 0 Å². The SMILES string of the molecule is C=C(C)COC(CC)C[Si](C)(C)O[Si](C)(C)C. The first-order chi connectivity index (χ1) is 7.56. The highest BCUT2D eigenvalue weighted by Crippen LogP contribution is 2.22. The monoisotopic (exact) mass is 274 g/mol. The van der Waals surface area contributed by atoms with Gasteiger partial charge in [-0.2, -0.15) is 0 Å². The van der Waals surface area contributed by atoms with Gasteiger partial charge < -0.3 is 8.85 Å². The third-order valence-corrected chi connectivity index (χ3v) is 8.42. The van der Waals surface area contributed by atoms with Crippen LogP contribution < -0.4 is 0 Å². The van der Waals surface area contributed by atoms with E-state index in [1.54, 1.807) is 0 Å². The molecule has 0 aromatic carbocycles. The highest BCUT2D eigenvalue weighted by molar-refractivity contribution is 6.84. The van der Waals surface area contributed by atoms with Crippen molar-refractivity contribution >= 4 is 16.6 Å². The minimum Gasteiger partial charge on any atom is -0.456 e. The van der Waals surface area contributed by atoms with E-state index in [0.717, 1.165) is 18.0 Å². The fourth-order valence-corrected chi connectivity index (χ4v) is 10.5. The van der Waals surface area contributed by atoms with Crippen LogP contribution >= 0.6 is 0 Å². The van der Waals surface area contributed by atoms with Crippen LogP contribution in [0, 0.1) is 0 Å². The summed E-state index contributed by atoms with van der Waals surface area (Å²) in [6.07, 6.45) is 1.38. The zero-order chi connectivity index (χ0) is 13.7. The summed E-state index contributed by atoms with van der Waals surface area (Å²) in [5, 5.41) is 0. The second-order valence-electron chi connectivity index (χ2n) is 6.48. The molecule has 17 heavy (non-hydrogen) atoms. The molecule has 0 bridgehead atoms. The van der Waals surface area contributed by atoms with Crippen molar-refractivity contribution in [3.8, 4) is 0 Å². The van der Waals surface area contributed by atoms with Gasteiger partial charge in [0, 0.05) is 0 Å². The van der Waals surface area contributed by atoms with Crippen LogP contribution in [0.3, 0.4) is 0 Å². The minimum atomic E-state index is -1.59. The molecular formula is C13H30O2Si2. The first-order valence-electron chi connectivity index (χ1n) is 6.52. The van der Waals surface area contributed by atoms with Gasteiger partial charge >= 0.3 is 0 Å². The Morgan fingerprint density at radius 1 is 1.18 bits per heavy atom. The van der Waals surface area contributed by atoms with Crippen molar-refractivity contribution < 1.29 is 8.85 Å². The quantitative estimate of drug-likeness (QED) is 0.482. The number of hydrogen-bond acceptors (Lipinski definition) is 2. The van der Waals surface area contributed by atoms with E-state index >= 15 is 0 Å². The molecular weight excluding hydrogens is 244 g/mol. The second-order valence-corrected chi connectivity index (χ2v) is 15.4. The predicted molar refractivity (Wildman–Crippen MR) is 81.6 cm³/mol. The van der Waals surface area contributed by atoms with Crippen molar-refractivity contribution in [2.75, 3.05) is 6.61 Å². The van der Waals surface area contributed by atoms with E-state index in [-0.39, 0.29) is 0 Å². The molecule has 0 aliphatic rings. The van der Waals surface area contributed by atoms with E-state index in [4.69, 9.17) is 8.85 Å². The lowest BCUT2D eigenvalue weighted by Gasteiger charge is -2.34. The van der Waals surface area contributed by atoms with Crippen LogP contribution in [0.2, 0.25) is 38.8 Å². The van der Waals surface area contributed by atoms with Crippen LogP contribution in [0.5, 0.6) is 0 Å². The Kier molecular flexibility index (Phi) is 6.91. The van der Waals surface area contributed by atoms with Gasteiger partial charge in [0.05, 0.1) is 12.7 Å². The molecule has 1 atom stereocenters. The van der Waals surface area contributed by atoms with Crippen LogP contribution in [0.25, 0.3) is 0 Å². The van der Waals surface area contributed by atoms with E-state index in [0.29, 0.717) is 12.7 Å². The minimum absolute atomic E-state index is 0.324. The molecule has 0 amide bonds. The Morgan fingerprint density at radius 3 is 2.06 bits per heavy atom. The predicted octanol–water partition coefficient (Wildman–Crippen LogP) is 4.41. The topological polar surface area (TPSA) is 18.5 Å². The molecule has 4 heteroatoms. The lowest BCUT2D eigenvalue weighted by molar-refractivity contribution is 0.0782. The molecule has 0 radical (unpaired) electrons. The third-order valence-electron chi connectivity index (χ3n) is 2.32. The molecule has 0 aliphatic carbocycles. The zero-order valence-corrected chi connectivity index (χ0v) is 14.7. The average molecular weight is 275 g/mol. The van der Waals surface area contributed by atoms with E-state index in [2.05, 4.69) is 46.2 Å². The summed E-state index contributed by atoms with van der Waals surface area (Å²) >= 11 is 0. The smallest absolute Gasteiger partial charge is 0.175 e. The van der Waals surface area contributed by atoms with Crippen LogP contribution in [-0.4, -0.2) is 29.3 Å². The molecule has 0 rings (SSSR count). The summed E-state index contributed by atoms with van der Waals surface area (Å²) in [4.78, 5) is 0. The van der Waals surface area contributed by atoms with Gasteiger partial charge in [0.1, 0.15) is 0 Å². The molecule has 0 fully saturated rings. The van der Waals surface area contributed by atoms with Gasteiger partial charge in [0.2, 0.25) is 0 Å². The van der Waals surface area contributed by atoms with Crippen molar-refractivity contribution in [3.05, 3.63) is 12.2 Å². The Morgan fingerprint density at radius 2 is 1.71 bits per heavy atom. The van der Waals surface area contributed by atoms with E-state index in [9.17, 15) is 0 Å². The molecule has 0 aliphatic heterocycles. The number of hydrogen-bond donors (Lipinski definition) is 0. The standard InChI is InChI=1S/C13H30O2Si2/c1-9-13(14-10-12(2)3)11-17(7,8)15-16(4,5)6/h13H,2,9-11H2,1,3-8H3. The fraction of sp³-hybridized carbons (Fsp3) is 0.846. The molecule has 0 aromatic rings. The van der Waals surface area contributed by atoms with Crippen LogP contribution in [0.15, 0.2) is 12.2 Å². The summed E-state index contributed by atoms with van der Waals surface area (Å²) in [5.74, 6) is 0. The summed E-state index contributed by atoms with van der Waals surface area (Å²) in [7, 11) is -3.02. The molecule has 0 spiro atoms. The molecule has 0 saturated heterocycles. The van der Waals surface area contributed by atoms with Gasteiger partial charge in [0.15, 0.2) is 16.6 Å². The van der Waals surface area contributed by atoms with E-state index < -0.39 is 16.6 Å². The van der Waals surface area contributed by atoms with Crippen molar-refractivity contribution in [1.82, 2.24) is 0 Å². The molecule has 0 saturated carbocycles. The summed E-state index contributed by atoms with van der Waals surface area (Å²) in [6.45, 7) is 20.1. The summed E-state index contributed by atoms with van der Waals surface area (Å²) < 4.78 is 12.2. The van der Waals surface area contributed by atoms with Gasteiger partial charge in [-0.1, -0.05) is 19.1 Å². The van der Waals surface area contributed by atoms with Gasteiger partial charge in [-0.15, -0.1) is 0 Å². The fourth-order valence-electron chi connectivity index (χ4n) is 2.00. The van der Waals surface area contributed by atoms with Crippen molar-refractivity contribution in [2.24, 2.45) is 0 Å². The highest BCUT2D eigenvalue weighted by Gasteiger charge is 2.32. The highest BCUT2D eigenvalue weighted by atomic mass is 28.4. The average Bonchev–Trinajstić information content (AvgIpc) is 2.07. The van der Waals surface area contributed by atoms with Gasteiger partial charge in [-0.25, -0.2) is 0 Å². The maximum Gasteiger partial charge on any atom is 0.175 e. The van der Waals surface area contributed by atoms with Crippen LogP contribution in [-0.2, 0) is 8.85 Å². The number of rotatable bonds is 8. The maximum atomic E-state index is 6.34. The van der Waals surface area contributed by atoms with Gasteiger partial charge in [-0.05, 0) is 52.1 Å². The second kappa shape index (κ2) is 6.87. The Bertz CT molecular complexity index is 244. The van der Waals surface area contributed by atoms with Crippen molar-refractivity contribution in [1.29, 1.82) is 0 Å². The Hall–Kier alpha value is 0.0938. The zero-order valence-electron chi connectivity index (χ0n) is 12.7. The Labute approximate surface area is 110 Å². The maximum absolute atomic E-state index is 6.34. The first kappa shape index (κ1) is 17.1. The lowest BCUT2D eigenvalue weighted by Crippen LogP contribution is -2.44. The molecule has 2 nitrogen and oxygen atoms in total. The van der Waals surface area contributed by atoms with Crippen molar-refractivity contribution in [2.45, 2.75) is 65.2 Å². The molecule has 1 unspecified atom stereocenters. The lowest BCUT2D eigenvalue weighted by atomic mass is 10.3. The van der Waals surface area contributed by atoms with Gasteiger partial charge in [-0.3, -0.25) is 0 Å². The van der Waals surface area contributed by atoms with Gasteiger partial charge in [0.25, 0.3) is 0 Å². The molecule has 0 N–H and O–H groups in total. The van der Waals surface area contributed by atoms with Crippen LogP contribution in [0.1, 0.15) is 20.3 Å². The van der Waals surface area contributed by atoms with E-state index in [1.807, 2.05) is 6.92 Å². The van der Waals surface area contributed by atoms with E-state index in [1.165, 1.54) is 0 Å². The summed E-state index contributed by atoms with van der Waals surface area (Å²) in [6, 6.07) is 1.08. The summed E-state index contributed by atoms with van der Waals surface area (Å²) in [5.41, 5.74) is 1.09. The van der Waals surface area contributed by atoms with Crippen LogP contribution in [0.4, 0.5) is 0 Å². The normalized spacial score (nSPS) is 14.8. The molecule has 0 aromatic heterocycles. The Balaban J connectivity index is 4.29. The molecule has 102 valence electrons. The number of ether oxygens (including phenoxy) is 1. The largest absolute Gasteiger partial charge is 0.456 e. The molecule has 0 heterocycles.